The average Bonchev–Trinajstić information content (AvgIpc) is 3.60. The molecular weight excluding hydrogens is 452 g/mol. The van der Waals surface area contributed by atoms with Gasteiger partial charge in [0.25, 0.3) is 0 Å². The normalized spacial score (nSPS) is 22.9. The number of pyridine rings is 1. The lowest BCUT2D eigenvalue weighted by atomic mass is 10.0. The maximum atomic E-state index is 13.3. The van der Waals surface area contributed by atoms with E-state index in [1.54, 1.807) is 24.1 Å². The number of likely N-dealkylation sites (tertiary alicyclic amines) is 1. The maximum Gasteiger partial charge on any atom is 0.336 e. The number of piperidine rings is 1. The molecule has 12 nitrogen and oxygen atoms in total. The number of ether oxygens (including phenoxy) is 1. The predicted octanol–water partition coefficient (Wildman–Crippen LogP) is 0.902. The first-order valence-electron chi connectivity index (χ1n) is 12.0. The zero-order chi connectivity index (χ0) is 24.5. The third kappa shape index (κ3) is 4.50. The molecule has 5 rings (SSSR count). The molecule has 0 saturated carbocycles. The first-order chi connectivity index (χ1) is 17.0. The molecule has 2 aromatic rings. The molecule has 3 aliphatic heterocycles. The van der Waals surface area contributed by atoms with Gasteiger partial charge in [-0.15, -0.1) is 5.10 Å². The van der Waals surface area contributed by atoms with Crippen LogP contribution in [0.4, 0.5) is 4.79 Å². The fourth-order valence-corrected chi connectivity index (χ4v) is 5.11. The summed E-state index contributed by atoms with van der Waals surface area (Å²) in [5.74, 6) is 0.245. The highest BCUT2D eigenvalue weighted by Crippen LogP contribution is 2.32. The number of aliphatic hydroxyl groups excluding tert-OH is 1. The highest BCUT2D eigenvalue weighted by molar-refractivity contribution is 5.93. The number of aliphatic hydroxyl groups is 1. The monoisotopic (exact) mass is 482 g/mol. The van der Waals surface area contributed by atoms with E-state index in [9.17, 15) is 14.7 Å². The van der Waals surface area contributed by atoms with Crippen molar-refractivity contribution in [1.82, 2.24) is 39.9 Å². The van der Waals surface area contributed by atoms with Crippen LogP contribution in [0.15, 0.2) is 35.9 Å². The Labute approximate surface area is 203 Å². The molecule has 2 amide bonds. The van der Waals surface area contributed by atoms with Crippen LogP contribution >= 0.6 is 0 Å². The van der Waals surface area contributed by atoms with E-state index < -0.39 is 6.10 Å². The standard InChI is InChI=1S/C23H30N8O4/c1-3-17-11-29(23(34)31(17)19-13-35-22(33)15(19)2)18-6-8-28(9-7-18)12-20(32)16-4-5-21(24-10-16)30-14-25-26-27-30/h4-5,10,14,17-18,20,32H,3,6-9,11-13H2,1-2H3/t17?,20-/m0/s1. The number of β-amino-alcohol motifs (C(OH)–C–C–N with tert-alkyl or cyclic N) is 1. The second kappa shape index (κ2) is 9.70. The van der Waals surface area contributed by atoms with Gasteiger partial charge in [-0.2, -0.15) is 4.68 Å². The first-order valence-corrected chi connectivity index (χ1v) is 12.0. The summed E-state index contributed by atoms with van der Waals surface area (Å²) in [6.45, 7) is 6.71. The number of urea groups is 1. The number of rotatable bonds is 7. The molecule has 2 aromatic heterocycles. The van der Waals surface area contributed by atoms with E-state index in [0.29, 0.717) is 30.2 Å². The Balaban J connectivity index is 1.17. The van der Waals surface area contributed by atoms with Gasteiger partial charge in [0, 0.05) is 44.0 Å². The summed E-state index contributed by atoms with van der Waals surface area (Å²) < 4.78 is 6.61. The van der Waals surface area contributed by atoms with Gasteiger partial charge in [0.1, 0.15) is 12.9 Å². The van der Waals surface area contributed by atoms with E-state index in [1.165, 1.54) is 11.0 Å². The van der Waals surface area contributed by atoms with Crippen LogP contribution in [-0.4, -0.2) is 102 Å². The summed E-state index contributed by atoms with van der Waals surface area (Å²) >= 11 is 0. The third-order valence-electron chi connectivity index (χ3n) is 7.23. The molecule has 2 atom stereocenters. The number of carbonyl (C=O) groups is 2. The number of aromatic nitrogens is 5. The van der Waals surface area contributed by atoms with Gasteiger partial charge in [-0.25, -0.2) is 14.6 Å². The molecule has 1 N–H and O–H groups in total. The molecule has 2 fully saturated rings. The van der Waals surface area contributed by atoms with Gasteiger partial charge in [-0.3, -0.25) is 4.90 Å². The van der Waals surface area contributed by atoms with Crippen LogP contribution in [0.2, 0.25) is 0 Å². The minimum absolute atomic E-state index is 0.0308. The summed E-state index contributed by atoms with van der Waals surface area (Å²) in [4.78, 5) is 35.5. The van der Waals surface area contributed by atoms with E-state index in [-0.39, 0.29) is 30.7 Å². The Bertz CT molecular complexity index is 1100. The highest BCUT2D eigenvalue weighted by atomic mass is 16.5. The lowest BCUT2D eigenvalue weighted by molar-refractivity contribution is -0.136. The van der Waals surface area contributed by atoms with Gasteiger partial charge >= 0.3 is 12.0 Å². The van der Waals surface area contributed by atoms with Crippen molar-refractivity contribution in [3.05, 3.63) is 41.5 Å². The zero-order valence-electron chi connectivity index (χ0n) is 19.9. The molecular formula is C23H30N8O4. The molecule has 12 heteroatoms. The zero-order valence-corrected chi connectivity index (χ0v) is 19.9. The highest BCUT2D eigenvalue weighted by Gasteiger charge is 2.44. The van der Waals surface area contributed by atoms with Crippen LogP contribution in [0.3, 0.4) is 0 Å². The van der Waals surface area contributed by atoms with Gasteiger partial charge < -0.3 is 19.6 Å². The molecule has 5 heterocycles. The fourth-order valence-electron chi connectivity index (χ4n) is 5.11. The molecule has 186 valence electrons. The average molecular weight is 483 g/mol. The third-order valence-corrected chi connectivity index (χ3v) is 7.23. The van der Waals surface area contributed by atoms with Crippen molar-refractivity contribution in [3.63, 3.8) is 0 Å². The van der Waals surface area contributed by atoms with Crippen molar-refractivity contribution in [2.45, 2.75) is 51.3 Å². The molecule has 0 aliphatic carbocycles. The SMILES string of the molecule is CCC1CN(C2CCN(C[C@H](O)c3ccc(-n4cnnn4)nc3)CC2)C(=O)N1C1=C(C)C(=O)OC1. The molecule has 35 heavy (non-hydrogen) atoms. The van der Waals surface area contributed by atoms with E-state index in [0.717, 1.165) is 37.9 Å². The number of hydrogen-bond donors (Lipinski definition) is 1. The maximum absolute atomic E-state index is 13.3. The summed E-state index contributed by atoms with van der Waals surface area (Å²) in [7, 11) is 0. The van der Waals surface area contributed by atoms with Crippen LogP contribution in [0.5, 0.6) is 0 Å². The largest absolute Gasteiger partial charge is 0.456 e. The van der Waals surface area contributed by atoms with Crippen LogP contribution in [0.1, 0.15) is 44.8 Å². The minimum atomic E-state index is -0.662. The Morgan fingerprint density at radius 3 is 2.63 bits per heavy atom. The number of esters is 1. The number of nitrogens with zero attached hydrogens (tertiary/aromatic N) is 8. The number of hydrogen-bond acceptors (Lipinski definition) is 9. The fraction of sp³-hybridized carbons (Fsp3) is 0.565. The van der Waals surface area contributed by atoms with Gasteiger partial charge in [0.15, 0.2) is 5.82 Å². The van der Waals surface area contributed by atoms with Crippen molar-refractivity contribution in [2.24, 2.45) is 0 Å². The molecule has 0 spiro atoms. The molecule has 1 unspecified atom stereocenters. The van der Waals surface area contributed by atoms with E-state index in [2.05, 4.69) is 32.3 Å². The van der Waals surface area contributed by atoms with Gasteiger partial charge in [0.05, 0.1) is 23.4 Å². The smallest absolute Gasteiger partial charge is 0.336 e. The van der Waals surface area contributed by atoms with Crippen molar-refractivity contribution < 1.29 is 19.4 Å². The van der Waals surface area contributed by atoms with Crippen LogP contribution in [0.25, 0.3) is 5.82 Å². The van der Waals surface area contributed by atoms with Gasteiger partial charge in [-0.1, -0.05) is 13.0 Å². The second-order valence-electron chi connectivity index (χ2n) is 9.27. The molecule has 2 saturated heterocycles. The lowest BCUT2D eigenvalue weighted by Crippen LogP contribution is -2.47. The molecule has 0 bridgehead atoms. The number of tetrazole rings is 1. The summed E-state index contributed by atoms with van der Waals surface area (Å²) in [6, 6.07) is 3.77. The summed E-state index contributed by atoms with van der Waals surface area (Å²) in [5.41, 5.74) is 1.97. The minimum Gasteiger partial charge on any atom is -0.456 e. The van der Waals surface area contributed by atoms with Gasteiger partial charge in [-0.05, 0) is 42.7 Å². The van der Waals surface area contributed by atoms with Crippen molar-refractivity contribution in [1.29, 1.82) is 0 Å². The van der Waals surface area contributed by atoms with Crippen LogP contribution in [0, 0.1) is 0 Å². The number of cyclic esters (lactones) is 1. The van der Waals surface area contributed by atoms with Crippen molar-refractivity contribution >= 4 is 12.0 Å². The Hall–Kier alpha value is -3.38. The Morgan fingerprint density at radius 1 is 1.23 bits per heavy atom. The topological polar surface area (TPSA) is 130 Å². The van der Waals surface area contributed by atoms with Crippen LogP contribution in [-0.2, 0) is 9.53 Å². The summed E-state index contributed by atoms with van der Waals surface area (Å²) in [6.07, 6.45) is 4.95. The first kappa shape index (κ1) is 23.4. The predicted molar refractivity (Wildman–Crippen MR) is 123 cm³/mol. The van der Waals surface area contributed by atoms with Crippen LogP contribution < -0.4 is 0 Å². The van der Waals surface area contributed by atoms with E-state index >= 15 is 0 Å². The molecule has 0 radical (unpaired) electrons. The van der Waals surface area contributed by atoms with Gasteiger partial charge in [0.2, 0.25) is 0 Å². The van der Waals surface area contributed by atoms with E-state index in [4.69, 9.17) is 4.74 Å². The lowest BCUT2D eigenvalue weighted by Gasteiger charge is -2.37. The van der Waals surface area contributed by atoms with Crippen molar-refractivity contribution in [2.75, 3.05) is 32.8 Å². The number of amides is 2. The molecule has 3 aliphatic rings. The second-order valence-corrected chi connectivity index (χ2v) is 9.27. The Morgan fingerprint density at radius 2 is 2.03 bits per heavy atom. The quantitative estimate of drug-likeness (QED) is 0.572. The van der Waals surface area contributed by atoms with Crippen molar-refractivity contribution in [3.8, 4) is 5.82 Å². The summed E-state index contributed by atoms with van der Waals surface area (Å²) in [5, 5.41) is 21.7. The Kier molecular flexibility index (Phi) is 6.48. The molecule has 0 aromatic carbocycles. The van der Waals surface area contributed by atoms with E-state index in [1.807, 2.05) is 11.0 Å². The number of carbonyl (C=O) groups excluding carboxylic acids is 2.